The van der Waals surface area contributed by atoms with Gasteiger partial charge in [0.05, 0.1) is 6.04 Å². The summed E-state index contributed by atoms with van der Waals surface area (Å²) in [6.45, 7) is 5.08. The molecule has 17 heavy (non-hydrogen) atoms. The highest BCUT2D eigenvalue weighted by molar-refractivity contribution is 9.11. The Morgan fingerprint density at radius 2 is 1.94 bits per heavy atom. The van der Waals surface area contributed by atoms with Gasteiger partial charge in [-0.1, -0.05) is 45.7 Å². The summed E-state index contributed by atoms with van der Waals surface area (Å²) in [7, 11) is 0. The third-order valence-corrected chi connectivity index (χ3v) is 3.69. The molecule has 92 valence electrons. The standard InChI is InChI=1S/C13H15Br2NO/c1-8(2)12-7-17-13(16-12)5-9-3-10(14)6-11(15)4-9/h3-4,6,8,12H,5,7H2,1-2H3/t12-/m0/s1. The Labute approximate surface area is 119 Å². The molecule has 1 aromatic carbocycles. The fourth-order valence-electron chi connectivity index (χ4n) is 1.77. The third-order valence-electron chi connectivity index (χ3n) is 2.78. The van der Waals surface area contributed by atoms with Gasteiger partial charge in [-0.15, -0.1) is 0 Å². The lowest BCUT2D eigenvalue weighted by Gasteiger charge is -2.06. The zero-order valence-electron chi connectivity index (χ0n) is 9.91. The highest BCUT2D eigenvalue weighted by Gasteiger charge is 2.21. The number of benzene rings is 1. The first-order valence-electron chi connectivity index (χ1n) is 5.69. The zero-order valence-corrected chi connectivity index (χ0v) is 13.1. The Morgan fingerprint density at radius 1 is 1.29 bits per heavy atom. The summed E-state index contributed by atoms with van der Waals surface area (Å²) >= 11 is 6.97. The monoisotopic (exact) mass is 359 g/mol. The summed E-state index contributed by atoms with van der Waals surface area (Å²) in [6.07, 6.45) is 0.765. The van der Waals surface area contributed by atoms with E-state index >= 15 is 0 Å². The van der Waals surface area contributed by atoms with Crippen molar-refractivity contribution in [2.45, 2.75) is 26.3 Å². The van der Waals surface area contributed by atoms with Crippen LogP contribution in [0.3, 0.4) is 0 Å². The molecule has 0 N–H and O–H groups in total. The maximum Gasteiger partial charge on any atom is 0.188 e. The van der Waals surface area contributed by atoms with Crippen LogP contribution < -0.4 is 0 Å². The molecule has 2 rings (SSSR count). The van der Waals surface area contributed by atoms with Gasteiger partial charge in [0.25, 0.3) is 0 Å². The molecule has 1 aromatic rings. The van der Waals surface area contributed by atoms with Gasteiger partial charge in [0, 0.05) is 15.4 Å². The van der Waals surface area contributed by atoms with E-state index in [4.69, 9.17) is 4.74 Å². The molecule has 1 aliphatic rings. The van der Waals surface area contributed by atoms with Gasteiger partial charge in [0.15, 0.2) is 5.90 Å². The Bertz CT molecular complexity index is 423. The van der Waals surface area contributed by atoms with Crippen molar-refractivity contribution in [2.24, 2.45) is 10.9 Å². The number of ether oxygens (including phenoxy) is 1. The number of nitrogens with zero attached hydrogens (tertiary/aromatic N) is 1. The highest BCUT2D eigenvalue weighted by Crippen LogP contribution is 2.22. The minimum atomic E-state index is 0.320. The van der Waals surface area contributed by atoms with E-state index in [0.29, 0.717) is 12.0 Å². The van der Waals surface area contributed by atoms with Crippen LogP contribution in [0.15, 0.2) is 32.1 Å². The van der Waals surface area contributed by atoms with Gasteiger partial charge < -0.3 is 4.74 Å². The van der Waals surface area contributed by atoms with Crippen LogP contribution in [0.25, 0.3) is 0 Å². The van der Waals surface area contributed by atoms with Gasteiger partial charge in [-0.05, 0) is 29.7 Å². The van der Waals surface area contributed by atoms with Crippen molar-refractivity contribution in [2.75, 3.05) is 6.61 Å². The molecule has 0 aromatic heterocycles. The maximum absolute atomic E-state index is 5.63. The predicted molar refractivity (Wildman–Crippen MR) is 77.6 cm³/mol. The van der Waals surface area contributed by atoms with Crippen molar-refractivity contribution in [3.63, 3.8) is 0 Å². The minimum Gasteiger partial charge on any atom is -0.478 e. The minimum absolute atomic E-state index is 0.320. The van der Waals surface area contributed by atoms with Crippen LogP contribution in [-0.4, -0.2) is 18.5 Å². The summed E-state index contributed by atoms with van der Waals surface area (Å²) < 4.78 is 7.77. The summed E-state index contributed by atoms with van der Waals surface area (Å²) in [5.74, 6) is 1.40. The quantitative estimate of drug-likeness (QED) is 0.791. The van der Waals surface area contributed by atoms with Gasteiger partial charge in [-0.2, -0.15) is 0 Å². The maximum atomic E-state index is 5.63. The van der Waals surface area contributed by atoms with Crippen molar-refractivity contribution in [1.29, 1.82) is 0 Å². The smallest absolute Gasteiger partial charge is 0.188 e. The Hall–Kier alpha value is -0.350. The van der Waals surface area contributed by atoms with Gasteiger partial charge in [0.2, 0.25) is 0 Å². The Balaban J connectivity index is 2.09. The van der Waals surface area contributed by atoms with Crippen molar-refractivity contribution >= 4 is 37.8 Å². The number of hydrogen-bond acceptors (Lipinski definition) is 2. The van der Waals surface area contributed by atoms with E-state index in [0.717, 1.165) is 27.9 Å². The summed E-state index contributed by atoms with van der Waals surface area (Å²) in [6, 6.07) is 6.54. The second-order valence-corrected chi connectivity index (χ2v) is 6.43. The van der Waals surface area contributed by atoms with E-state index in [1.807, 2.05) is 6.07 Å². The molecule has 2 nitrogen and oxygen atoms in total. The fourth-order valence-corrected chi connectivity index (χ4v) is 3.16. The normalized spacial score (nSPS) is 19.4. The van der Waals surface area contributed by atoms with Crippen LogP contribution in [0.1, 0.15) is 19.4 Å². The zero-order chi connectivity index (χ0) is 12.4. The molecular weight excluding hydrogens is 346 g/mol. The Kier molecular flexibility index (Phi) is 4.26. The van der Waals surface area contributed by atoms with Gasteiger partial charge in [-0.25, -0.2) is 4.99 Å². The van der Waals surface area contributed by atoms with Crippen LogP contribution in [0.4, 0.5) is 0 Å². The summed E-state index contributed by atoms with van der Waals surface area (Å²) in [5.41, 5.74) is 1.20. The average molecular weight is 361 g/mol. The van der Waals surface area contributed by atoms with Crippen LogP contribution in [0.5, 0.6) is 0 Å². The molecule has 0 unspecified atom stereocenters. The number of halogens is 2. The second kappa shape index (κ2) is 5.53. The van der Waals surface area contributed by atoms with Crippen LogP contribution in [-0.2, 0) is 11.2 Å². The van der Waals surface area contributed by atoms with E-state index in [1.165, 1.54) is 5.56 Å². The van der Waals surface area contributed by atoms with Crippen LogP contribution in [0.2, 0.25) is 0 Å². The average Bonchev–Trinajstić information content (AvgIpc) is 2.64. The van der Waals surface area contributed by atoms with E-state index in [2.05, 4.69) is 62.8 Å². The molecule has 1 atom stereocenters. The summed E-state index contributed by atoms with van der Waals surface area (Å²) in [4.78, 5) is 4.61. The first-order chi connectivity index (χ1) is 8.04. The first-order valence-corrected chi connectivity index (χ1v) is 7.27. The topological polar surface area (TPSA) is 21.6 Å². The van der Waals surface area contributed by atoms with E-state index in [-0.39, 0.29) is 0 Å². The molecule has 0 amide bonds. The fraction of sp³-hybridized carbons (Fsp3) is 0.462. The SMILES string of the molecule is CC(C)[C@@H]1COC(Cc2cc(Br)cc(Br)c2)=N1. The van der Waals surface area contributed by atoms with Crippen molar-refractivity contribution in [1.82, 2.24) is 0 Å². The van der Waals surface area contributed by atoms with E-state index in [9.17, 15) is 0 Å². The number of rotatable bonds is 3. The summed E-state index contributed by atoms with van der Waals surface area (Å²) in [5, 5.41) is 0. The predicted octanol–water partition coefficient (Wildman–Crippen LogP) is 4.21. The second-order valence-electron chi connectivity index (χ2n) is 4.60. The molecule has 0 fully saturated rings. The molecule has 0 aliphatic carbocycles. The number of hydrogen-bond donors (Lipinski definition) is 0. The molecule has 0 saturated heterocycles. The molecule has 0 radical (unpaired) electrons. The van der Waals surface area contributed by atoms with Gasteiger partial charge >= 0.3 is 0 Å². The molecule has 1 heterocycles. The van der Waals surface area contributed by atoms with E-state index in [1.54, 1.807) is 0 Å². The lowest BCUT2D eigenvalue weighted by molar-refractivity contribution is 0.287. The van der Waals surface area contributed by atoms with Gasteiger partial charge in [0.1, 0.15) is 6.61 Å². The molecular formula is C13H15Br2NO. The first kappa shape index (κ1) is 13.1. The van der Waals surface area contributed by atoms with Crippen LogP contribution in [0, 0.1) is 5.92 Å². The lowest BCUT2D eigenvalue weighted by atomic mass is 10.1. The molecule has 1 aliphatic heterocycles. The van der Waals surface area contributed by atoms with Crippen molar-refractivity contribution < 1.29 is 4.74 Å². The highest BCUT2D eigenvalue weighted by atomic mass is 79.9. The third kappa shape index (κ3) is 3.55. The lowest BCUT2D eigenvalue weighted by Crippen LogP contribution is -2.13. The molecule has 0 spiro atoms. The van der Waals surface area contributed by atoms with Crippen LogP contribution >= 0.6 is 31.9 Å². The largest absolute Gasteiger partial charge is 0.478 e. The van der Waals surface area contributed by atoms with Gasteiger partial charge in [-0.3, -0.25) is 0 Å². The van der Waals surface area contributed by atoms with Crippen molar-refractivity contribution in [3.05, 3.63) is 32.7 Å². The van der Waals surface area contributed by atoms with Crippen molar-refractivity contribution in [3.8, 4) is 0 Å². The molecule has 0 saturated carbocycles. The van der Waals surface area contributed by atoms with E-state index < -0.39 is 0 Å². The Morgan fingerprint density at radius 3 is 2.47 bits per heavy atom. The number of aliphatic imine (C=N–C) groups is 1. The molecule has 4 heteroatoms. The molecule has 0 bridgehead atoms.